The Balaban J connectivity index is 1.58. The zero-order valence-corrected chi connectivity index (χ0v) is 16.8. The van der Waals surface area contributed by atoms with Gasteiger partial charge in [-0.1, -0.05) is 6.07 Å². The molecule has 2 atom stereocenters. The van der Waals surface area contributed by atoms with Crippen LogP contribution in [0.25, 0.3) is 10.9 Å². The van der Waals surface area contributed by atoms with Crippen molar-refractivity contribution in [3.05, 3.63) is 41.0 Å². The van der Waals surface area contributed by atoms with Crippen LogP contribution in [-0.4, -0.2) is 38.0 Å². The van der Waals surface area contributed by atoms with Gasteiger partial charge in [0.1, 0.15) is 11.5 Å². The summed E-state index contributed by atoms with van der Waals surface area (Å²) < 4.78 is 19.0. The number of anilines is 1. The summed E-state index contributed by atoms with van der Waals surface area (Å²) in [6, 6.07) is 7.13. The van der Waals surface area contributed by atoms with Gasteiger partial charge in [0.05, 0.1) is 25.8 Å². The molecule has 1 N–H and O–H groups in total. The summed E-state index contributed by atoms with van der Waals surface area (Å²) in [6.45, 7) is 0. The second kappa shape index (κ2) is 7.47. The second-order valence-electron chi connectivity index (χ2n) is 7.66. The fourth-order valence-corrected chi connectivity index (χ4v) is 4.69. The lowest BCUT2D eigenvalue weighted by Gasteiger charge is -2.27. The van der Waals surface area contributed by atoms with Gasteiger partial charge in [-0.3, -0.25) is 0 Å². The van der Waals surface area contributed by atoms with Crippen LogP contribution in [0.4, 0.5) is 5.69 Å². The van der Waals surface area contributed by atoms with Gasteiger partial charge in [0.15, 0.2) is 0 Å². The molecule has 4 rings (SSSR count). The third-order valence-corrected chi connectivity index (χ3v) is 6.23. The summed E-state index contributed by atoms with van der Waals surface area (Å²) in [6.07, 6.45) is 6.37. The molecule has 2 aliphatic carbocycles. The predicted molar refractivity (Wildman–Crippen MR) is 108 cm³/mol. The Labute approximate surface area is 161 Å². The molecule has 0 saturated carbocycles. The summed E-state index contributed by atoms with van der Waals surface area (Å²) in [5, 5.41) is 5.07. The number of fused-ring (bicyclic) bond motifs is 3. The molecule has 0 fully saturated rings. The summed E-state index contributed by atoms with van der Waals surface area (Å²) in [5.41, 5.74) is 5.40. The second-order valence-corrected chi connectivity index (χ2v) is 7.66. The highest BCUT2D eigenvalue weighted by molar-refractivity contribution is 5.88. The van der Waals surface area contributed by atoms with Crippen LogP contribution in [0.5, 0.6) is 0 Å². The molecule has 0 radical (unpaired) electrons. The summed E-state index contributed by atoms with van der Waals surface area (Å²) in [5.74, 6) is 1.94. The average molecular weight is 370 g/mol. The number of ether oxygens (including phenoxy) is 3. The Hall–Kier alpha value is -2.14. The number of nitrogens with zero attached hydrogens (tertiary/aromatic N) is 1. The van der Waals surface area contributed by atoms with Gasteiger partial charge < -0.3 is 24.1 Å². The van der Waals surface area contributed by atoms with E-state index in [0.29, 0.717) is 12.1 Å². The maximum Gasteiger partial charge on any atom is 0.135 e. The minimum absolute atomic E-state index is 0.345. The van der Waals surface area contributed by atoms with E-state index in [1.54, 1.807) is 14.2 Å². The third kappa shape index (κ3) is 3.29. The molecule has 2 aliphatic rings. The minimum Gasteiger partial charge on any atom is -0.498 e. The summed E-state index contributed by atoms with van der Waals surface area (Å²) >= 11 is 0. The Morgan fingerprint density at radius 1 is 1.00 bits per heavy atom. The molecule has 1 heterocycles. The molecule has 2 unspecified atom stereocenters. The molecule has 27 heavy (non-hydrogen) atoms. The van der Waals surface area contributed by atoms with Crippen molar-refractivity contribution in [1.29, 1.82) is 0 Å². The first kappa shape index (κ1) is 18.2. The molecule has 0 bridgehead atoms. The van der Waals surface area contributed by atoms with Gasteiger partial charge in [-0.25, -0.2) is 0 Å². The van der Waals surface area contributed by atoms with Gasteiger partial charge >= 0.3 is 0 Å². The molecule has 1 aromatic heterocycles. The van der Waals surface area contributed by atoms with Gasteiger partial charge in [0, 0.05) is 56.2 Å². The van der Waals surface area contributed by atoms with Crippen molar-refractivity contribution in [2.45, 2.75) is 50.7 Å². The van der Waals surface area contributed by atoms with Crippen LogP contribution in [0.3, 0.4) is 0 Å². The number of hydrogen-bond acceptors (Lipinski definition) is 4. The molecule has 0 spiro atoms. The number of rotatable bonds is 5. The van der Waals surface area contributed by atoms with E-state index in [1.807, 2.05) is 7.11 Å². The van der Waals surface area contributed by atoms with Gasteiger partial charge in [0.2, 0.25) is 0 Å². The molecule has 2 aromatic rings. The van der Waals surface area contributed by atoms with E-state index >= 15 is 0 Å². The molecule has 5 heteroatoms. The number of benzene rings is 1. The monoisotopic (exact) mass is 370 g/mol. The zero-order chi connectivity index (χ0) is 19.0. The molecule has 146 valence electrons. The van der Waals surface area contributed by atoms with E-state index in [2.05, 4.69) is 35.1 Å². The highest BCUT2D eigenvalue weighted by Crippen LogP contribution is 2.34. The Bertz CT molecular complexity index is 868. The Morgan fingerprint density at radius 2 is 1.81 bits per heavy atom. The maximum atomic E-state index is 5.62. The number of allylic oxidation sites excluding steroid dienone is 1. The molecule has 0 saturated heterocycles. The summed E-state index contributed by atoms with van der Waals surface area (Å²) in [4.78, 5) is 0. The lowest BCUT2D eigenvalue weighted by atomic mass is 9.93. The number of aromatic nitrogens is 1. The lowest BCUT2D eigenvalue weighted by molar-refractivity contribution is 0.0908. The topological polar surface area (TPSA) is 44.7 Å². The van der Waals surface area contributed by atoms with Crippen molar-refractivity contribution >= 4 is 16.6 Å². The molecule has 1 aromatic carbocycles. The number of aryl methyl sites for hydroxylation is 1. The van der Waals surface area contributed by atoms with Crippen LogP contribution < -0.4 is 5.32 Å². The Kier molecular flexibility index (Phi) is 5.04. The summed E-state index contributed by atoms with van der Waals surface area (Å²) in [7, 11) is 7.46. The SMILES string of the molecule is COC1=C(OC)CC(Nc2ccc3c4c(n(C)c3c2)CCC(OC)C4)CC1. The van der Waals surface area contributed by atoms with Crippen molar-refractivity contribution in [3.8, 4) is 0 Å². The number of hydrogen-bond donors (Lipinski definition) is 1. The van der Waals surface area contributed by atoms with E-state index in [1.165, 1.54) is 27.8 Å². The largest absolute Gasteiger partial charge is 0.498 e. The van der Waals surface area contributed by atoms with Crippen LogP contribution in [0, 0.1) is 0 Å². The zero-order valence-electron chi connectivity index (χ0n) is 16.8. The van der Waals surface area contributed by atoms with Crippen LogP contribution in [0.1, 0.15) is 36.9 Å². The maximum absolute atomic E-state index is 5.62. The first-order valence-electron chi connectivity index (χ1n) is 9.84. The van der Waals surface area contributed by atoms with Gasteiger partial charge in [-0.2, -0.15) is 0 Å². The van der Waals surface area contributed by atoms with Crippen LogP contribution in [-0.2, 0) is 34.1 Å². The molecular weight excluding hydrogens is 340 g/mol. The van der Waals surface area contributed by atoms with Crippen molar-refractivity contribution in [1.82, 2.24) is 4.57 Å². The smallest absolute Gasteiger partial charge is 0.135 e. The van der Waals surface area contributed by atoms with Gasteiger partial charge in [-0.05, 0) is 37.0 Å². The molecule has 5 nitrogen and oxygen atoms in total. The van der Waals surface area contributed by atoms with Gasteiger partial charge in [-0.15, -0.1) is 0 Å². The van der Waals surface area contributed by atoms with Crippen molar-refractivity contribution in [2.24, 2.45) is 7.05 Å². The molecule has 0 amide bonds. The van der Waals surface area contributed by atoms with E-state index in [-0.39, 0.29) is 0 Å². The van der Waals surface area contributed by atoms with Crippen molar-refractivity contribution in [3.63, 3.8) is 0 Å². The highest BCUT2D eigenvalue weighted by atomic mass is 16.5. The standard InChI is InChI=1S/C22H30N2O3/c1-24-19-9-7-16(25-2)13-18(19)17-8-5-14(11-20(17)24)23-15-6-10-21(26-3)22(12-15)27-4/h5,8,11,15-16,23H,6-7,9-10,12-13H2,1-4H3. The first-order valence-corrected chi connectivity index (χ1v) is 9.84. The third-order valence-electron chi connectivity index (χ3n) is 6.23. The van der Waals surface area contributed by atoms with Crippen LogP contribution >= 0.6 is 0 Å². The number of methoxy groups -OCH3 is 3. The quantitative estimate of drug-likeness (QED) is 0.859. The number of nitrogens with one attached hydrogen (secondary N) is 1. The fourth-order valence-electron chi connectivity index (χ4n) is 4.69. The van der Waals surface area contributed by atoms with Crippen molar-refractivity contribution < 1.29 is 14.2 Å². The first-order chi connectivity index (χ1) is 13.1. The molecule has 0 aliphatic heterocycles. The van der Waals surface area contributed by atoms with E-state index in [4.69, 9.17) is 14.2 Å². The minimum atomic E-state index is 0.345. The van der Waals surface area contributed by atoms with E-state index < -0.39 is 0 Å². The lowest BCUT2D eigenvalue weighted by Crippen LogP contribution is -2.25. The molecular formula is C22H30N2O3. The average Bonchev–Trinajstić information content (AvgIpc) is 2.99. The predicted octanol–water partition coefficient (Wildman–Crippen LogP) is 4.15. The Morgan fingerprint density at radius 3 is 2.56 bits per heavy atom. The van der Waals surface area contributed by atoms with Crippen LogP contribution in [0.2, 0.25) is 0 Å². The highest BCUT2D eigenvalue weighted by Gasteiger charge is 2.25. The fraction of sp³-hybridized carbons (Fsp3) is 0.545. The van der Waals surface area contributed by atoms with Crippen LogP contribution in [0.15, 0.2) is 29.7 Å². The normalized spacial score (nSPS) is 22.7. The van der Waals surface area contributed by atoms with Crippen molar-refractivity contribution in [2.75, 3.05) is 26.6 Å². The van der Waals surface area contributed by atoms with E-state index in [9.17, 15) is 0 Å². The van der Waals surface area contributed by atoms with Gasteiger partial charge in [0.25, 0.3) is 0 Å². The van der Waals surface area contributed by atoms with E-state index in [0.717, 1.165) is 50.0 Å².